The lowest BCUT2D eigenvalue weighted by Gasteiger charge is -2.27. The Morgan fingerprint density at radius 3 is 3.06 bits per heavy atom. The van der Waals surface area contributed by atoms with Gasteiger partial charge < -0.3 is 15.2 Å². The lowest BCUT2D eigenvalue weighted by Crippen LogP contribution is -2.44. The molecule has 1 aliphatic heterocycles. The van der Waals surface area contributed by atoms with E-state index in [1.54, 1.807) is 19.2 Å². The van der Waals surface area contributed by atoms with E-state index >= 15 is 0 Å². The molecule has 2 N–H and O–H groups in total. The Kier molecular flexibility index (Phi) is 3.22. The van der Waals surface area contributed by atoms with Crippen molar-refractivity contribution in [3.8, 4) is 5.75 Å². The van der Waals surface area contributed by atoms with Crippen molar-refractivity contribution in [3.05, 3.63) is 29.8 Å². The van der Waals surface area contributed by atoms with Crippen LogP contribution in [0.1, 0.15) is 10.4 Å². The predicted octanol–water partition coefficient (Wildman–Crippen LogP) is 0.852. The van der Waals surface area contributed by atoms with Crippen molar-refractivity contribution in [1.29, 1.82) is 0 Å². The van der Waals surface area contributed by atoms with Crippen molar-refractivity contribution in [2.24, 2.45) is 11.7 Å². The Morgan fingerprint density at radius 1 is 1.56 bits per heavy atom. The van der Waals surface area contributed by atoms with Crippen LogP contribution < -0.4 is 10.5 Å². The number of benzene rings is 1. The molecule has 16 heavy (non-hydrogen) atoms. The van der Waals surface area contributed by atoms with Crippen LogP contribution in [0.25, 0.3) is 0 Å². The van der Waals surface area contributed by atoms with Gasteiger partial charge in [-0.05, 0) is 12.1 Å². The first-order valence-corrected chi connectivity index (χ1v) is 5.24. The van der Waals surface area contributed by atoms with E-state index in [0.717, 1.165) is 0 Å². The fourth-order valence-corrected chi connectivity index (χ4v) is 1.88. The molecule has 2 unspecified atom stereocenters. The molecule has 0 saturated heterocycles. The Bertz CT molecular complexity index is 392. The normalized spacial score (nSPS) is 21.1. The highest BCUT2D eigenvalue weighted by molar-refractivity contribution is 6.01. The van der Waals surface area contributed by atoms with Gasteiger partial charge in [0, 0.05) is 13.2 Å². The van der Waals surface area contributed by atoms with Crippen molar-refractivity contribution in [1.82, 2.24) is 0 Å². The van der Waals surface area contributed by atoms with Crippen molar-refractivity contribution < 1.29 is 14.3 Å². The van der Waals surface area contributed by atoms with Crippen LogP contribution in [0.2, 0.25) is 0 Å². The van der Waals surface area contributed by atoms with E-state index in [1.807, 2.05) is 12.1 Å². The molecule has 0 aromatic heterocycles. The van der Waals surface area contributed by atoms with Crippen molar-refractivity contribution in [2.75, 3.05) is 20.3 Å². The fraction of sp³-hybridized carbons (Fsp3) is 0.417. The minimum absolute atomic E-state index is 0.0476. The van der Waals surface area contributed by atoms with Crippen LogP contribution in [0.5, 0.6) is 5.75 Å². The highest BCUT2D eigenvalue weighted by atomic mass is 16.5. The summed E-state index contributed by atoms with van der Waals surface area (Å²) in [6, 6.07) is 6.92. The number of carbonyl (C=O) groups is 1. The number of Topliss-reactive ketones (excluding diaryl/α,β-unsaturated/α-hetero) is 1. The van der Waals surface area contributed by atoms with E-state index in [1.165, 1.54) is 0 Å². The van der Waals surface area contributed by atoms with Crippen molar-refractivity contribution >= 4 is 5.78 Å². The molecule has 0 amide bonds. The van der Waals surface area contributed by atoms with Crippen LogP contribution in [0.4, 0.5) is 0 Å². The second-order valence-corrected chi connectivity index (χ2v) is 3.90. The van der Waals surface area contributed by atoms with Gasteiger partial charge in [-0.15, -0.1) is 0 Å². The number of carbonyl (C=O) groups excluding carboxylic acids is 1. The molecule has 0 spiro atoms. The summed E-state index contributed by atoms with van der Waals surface area (Å²) < 4.78 is 10.5. The molecule has 1 aromatic rings. The van der Waals surface area contributed by atoms with Gasteiger partial charge in [-0.25, -0.2) is 0 Å². The number of ketones is 1. The number of rotatable bonds is 3. The maximum absolute atomic E-state index is 12.1. The summed E-state index contributed by atoms with van der Waals surface area (Å²) in [7, 11) is 1.57. The molecular weight excluding hydrogens is 206 g/mol. The lowest BCUT2D eigenvalue weighted by molar-refractivity contribution is 0.0725. The molecule has 2 atom stereocenters. The Balaban J connectivity index is 2.21. The predicted molar refractivity (Wildman–Crippen MR) is 59.6 cm³/mol. The van der Waals surface area contributed by atoms with Gasteiger partial charge in [-0.3, -0.25) is 4.79 Å². The lowest BCUT2D eigenvalue weighted by atomic mass is 9.90. The maximum atomic E-state index is 12.1. The molecule has 1 aliphatic rings. The largest absolute Gasteiger partial charge is 0.492 e. The molecule has 0 saturated carbocycles. The number of hydrogen-bond acceptors (Lipinski definition) is 4. The van der Waals surface area contributed by atoms with Crippen LogP contribution in [-0.4, -0.2) is 32.1 Å². The molecule has 0 fully saturated rings. The summed E-state index contributed by atoms with van der Waals surface area (Å²) in [5.41, 5.74) is 6.50. The first-order chi connectivity index (χ1) is 7.74. The first-order valence-electron chi connectivity index (χ1n) is 5.24. The monoisotopic (exact) mass is 221 g/mol. The maximum Gasteiger partial charge on any atom is 0.174 e. The number of methoxy groups -OCH3 is 1. The molecule has 86 valence electrons. The third-order valence-electron chi connectivity index (χ3n) is 2.78. The highest BCUT2D eigenvalue weighted by Gasteiger charge is 2.32. The summed E-state index contributed by atoms with van der Waals surface area (Å²) >= 11 is 0. The van der Waals surface area contributed by atoms with Crippen LogP contribution >= 0.6 is 0 Å². The third-order valence-corrected chi connectivity index (χ3v) is 2.78. The number of fused-ring (bicyclic) bond motifs is 1. The molecule has 1 aromatic carbocycles. The van der Waals surface area contributed by atoms with Crippen molar-refractivity contribution in [2.45, 2.75) is 6.04 Å². The Morgan fingerprint density at radius 2 is 2.31 bits per heavy atom. The molecule has 4 heteroatoms. The zero-order valence-corrected chi connectivity index (χ0v) is 9.18. The van der Waals surface area contributed by atoms with Gasteiger partial charge in [0.05, 0.1) is 24.7 Å². The average molecular weight is 221 g/mol. The molecular formula is C12H15NO3. The average Bonchev–Trinajstić information content (AvgIpc) is 2.30. The molecule has 1 heterocycles. The first kappa shape index (κ1) is 11.1. The summed E-state index contributed by atoms with van der Waals surface area (Å²) in [5, 5.41) is 0. The SMILES string of the molecule is COCC(N)C1COc2ccccc2C1=O. The number of nitrogens with two attached hydrogens (primary N) is 1. The van der Waals surface area contributed by atoms with Crippen LogP contribution in [0, 0.1) is 5.92 Å². The highest BCUT2D eigenvalue weighted by Crippen LogP contribution is 2.27. The standard InChI is InChI=1S/C12H15NO3/c1-15-7-10(13)9-6-16-11-5-3-2-4-8(11)12(9)14/h2-5,9-10H,6-7,13H2,1H3. The van der Waals surface area contributed by atoms with Gasteiger partial charge >= 0.3 is 0 Å². The number of ether oxygens (including phenoxy) is 2. The number of hydrogen-bond donors (Lipinski definition) is 1. The second-order valence-electron chi connectivity index (χ2n) is 3.90. The van der Waals surface area contributed by atoms with E-state index in [-0.39, 0.29) is 17.7 Å². The van der Waals surface area contributed by atoms with Crippen LogP contribution in [0.3, 0.4) is 0 Å². The zero-order valence-electron chi connectivity index (χ0n) is 9.18. The Labute approximate surface area is 94.3 Å². The molecule has 4 nitrogen and oxygen atoms in total. The minimum Gasteiger partial charge on any atom is -0.492 e. The van der Waals surface area contributed by atoms with Crippen LogP contribution in [0.15, 0.2) is 24.3 Å². The third kappa shape index (κ3) is 1.94. The minimum atomic E-state index is -0.314. The van der Waals surface area contributed by atoms with E-state index in [9.17, 15) is 4.79 Å². The summed E-state index contributed by atoms with van der Waals surface area (Å²) in [4.78, 5) is 12.1. The second kappa shape index (κ2) is 4.63. The number of para-hydroxylation sites is 1. The van der Waals surface area contributed by atoms with Gasteiger partial charge in [0.15, 0.2) is 5.78 Å². The Hall–Kier alpha value is -1.39. The van der Waals surface area contributed by atoms with Gasteiger partial charge in [0.1, 0.15) is 5.75 Å². The molecule has 2 rings (SSSR count). The van der Waals surface area contributed by atoms with Gasteiger partial charge in [0.25, 0.3) is 0 Å². The van der Waals surface area contributed by atoms with E-state index in [4.69, 9.17) is 15.2 Å². The van der Waals surface area contributed by atoms with E-state index < -0.39 is 0 Å². The summed E-state index contributed by atoms with van der Waals surface area (Å²) in [6.45, 7) is 0.697. The molecule has 0 bridgehead atoms. The van der Waals surface area contributed by atoms with Crippen LogP contribution in [-0.2, 0) is 4.74 Å². The fourth-order valence-electron chi connectivity index (χ4n) is 1.88. The molecule has 0 radical (unpaired) electrons. The molecule has 0 aliphatic carbocycles. The summed E-state index contributed by atoms with van der Waals surface area (Å²) in [6.07, 6.45) is 0. The smallest absolute Gasteiger partial charge is 0.174 e. The van der Waals surface area contributed by atoms with E-state index in [2.05, 4.69) is 0 Å². The van der Waals surface area contributed by atoms with Gasteiger partial charge in [-0.2, -0.15) is 0 Å². The quantitative estimate of drug-likeness (QED) is 0.822. The van der Waals surface area contributed by atoms with E-state index in [0.29, 0.717) is 24.5 Å². The topological polar surface area (TPSA) is 61.6 Å². The van der Waals surface area contributed by atoms with Crippen molar-refractivity contribution in [3.63, 3.8) is 0 Å². The zero-order chi connectivity index (χ0) is 11.5. The summed E-state index contributed by atoms with van der Waals surface area (Å²) in [5.74, 6) is 0.384. The van der Waals surface area contributed by atoms with Gasteiger partial charge in [-0.1, -0.05) is 12.1 Å². The van der Waals surface area contributed by atoms with Gasteiger partial charge in [0.2, 0.25) is 0 Å².